The first kappa shape index (κ1) is 16.2. The lowest BCUT2D eigenvalue weighted by Gasteiger charge is -2.02. The normalized spacial score (nSPS) is 15.3. The van der Waals surface area contributed by atoms with Crippen molar-refractivity contribution in [2.75, 3.05) is 0 Å². The molecule has 0 fully saturated rings. The van der Waals surface area contributed by atoms with Crippen molar-refractivity contribution in [2.24, 2.45) is 0 Å². The van der Waals surface area contributed by atoms with Gasteiger partial charge in [-0.25, -0.2) is 9.59 Å². The van der Waals surface area contributed by atoms with Crippen LogP contribution < -0.4 is 0 Å². The molecule has 0 N–H and O–H groups in total. The summed E-state index contributed by atoms with van der Waals surface area (Å²) in [6, 6.07) is 0. The van der Waals surface area contributed by atoms with E-state index in [4.69, 9.17) is 11.6 Å². The average molecular weight is 287 g/mol. The zero-order chi connectivity index (χ0) is 14.1. The van der Waals surface area contributed by atoms with Crippen molar-refractivity contribution in [3.05, 3.63) is 10.6 Å². The molecule has 0 aromatic heterocycles. The van der Waals surface area contributed by atoms with E-state index in [-0.39, 0.29) is 5.03 Å². The second-order valence-corrected chi connectivity index (χ2v) is 5.43. The van der Waals surface area contributed by atoms with Crippen LogP contribution in [0.5, 0.6) is 0 Å². The summed E-state index contributed by atoms with van der Waals surface area (Å²) in [5, 5.41) is -0.0236. The number of halogens is 1. The van der Waals surface area contributed by atoms with Crippen molar-refractivity contribution in [1.29, 1.82) is 0 Å². The molecule has 0 aromatic rings. The molecule has 0 saturated carbocycles. The van der Waals surface area contributed by atoms with E-state index >= 15 is 0 Å². The number of esters is 2. The van der Waals surface area contributed by atoms with Crippen molar-refractivity contribution < 1.29 is 14.3 Å². The Morgan fingerprint density at radius 2 is 1.37 bits per heavy atom. The van der Waals surface area contributed by atoms with Gasteiger partial charge in [0.15, 0.2) is 0 Å². The molecule has 1 aliphatic rings. The quantitative estimate of drug-likeness (QED) is 0.338. The van der Waals surface area contributed by atoms with E-state index in [0.717, 1.165) is 12.8 Å². The van der Waals surface area contributed by atoms with Crippen LogP contribution in [0.15, 0.2) is 10.6 Å². The number of ether oxygens (including phenoxy) is 1. The van der Waals surface area contributed by atoms with Gasteiger partial charge >= 0.3 is 11.9 Å². The van der Waals surface area contributed by atoms with Gasteiger partial charge in [-0.3, -0.25) is 0 Å². The molecule has 108 valence electrons. The van der Waals surface area contributed by atoms with E-state index < -0.39 is 11.9 Å². The van der Waals surface area contributed by atoms with Gasteiger partial charge in [-0.05, 0) is 12.8 Å². The lowest BCUT2D eigenvalue weighted by Crippen LogP contribution is -2.01. The van der Waals surface area contributed by atoms with Crippen molar-refractivity contribution in [3.8, 4) is 0 Å². The number of unbranched alkanes of at least 4 members (excludes halogenated alkanes) is 8. The maximum Gasteiger partial charge on any atom is 0.358 e. The average Bonchev–Trinajstić information content (AvgIpc) is 2.63. The number of rotatable bonds is 10. The molecule has 0 bridgehead atoms. The van der Waals surface area contributed by atoms with E-state index in [1.165, 1.54) is 44.9 Å². The maximum atomic E-state index is 11.3. The zero-order valence-electron chi connectivity index (χ0n) is 11.7. The molecule has 0 aliphatic carbocycles. The molecule has 0 amide bonds. The highest BCUT2D eigenvalue weighted by Crippen LogP contribution is 2.25. The summed E-state index contributed by atoms with van der Waals surface area (Å²) in [7, 11) is 0. The molecule has 0 saturated heterocycles. The summed E-state index contributed by atoms with van der Waals surface area (Å²) in [6.07, 6.45) is 11.5. The van der Waals surface area contributed by atoms with Crippen molar-refractivity contribution in [3.63, 3.8) is 0 Å². The van der Waals surface area contributed by atoms with Gasteiger partial charge < -0.3 is 4.74 Å². The standard InChI is InChI=1S/C15H23ClO3/c1-2-3-4-5-6-7-8-9-10-11-12-13(16)15(18)19-14(12)17/h2-11H2,1H3. The fraction of sp³-hybridized carbons (Fsp3) is 0.733. The molecule has 19 heavy (non-hydrogen) atoms. The smallest absolute Gasteiger partial charge is 0.358 e. The summed E-state index contributed by atoms with van der Waals surface area (Å²) >= 11 is 5.72. The lowest BCUT2D eigenvalue weighted by atomic mass is 10.0. The highest BCUT2D eigenvalue weighted by molar-refractivity contribution is 6.45. The molecular formula is C15H23ClO3. The Kier molecular flexibility index (Phi) is 7.80. The summed E-state index contributed by atoms with van der Waals surface area (Å²) in [6.45, 7) is 2.22. The Balaban J connectivity index is 2.02. The van der Waals surface area contributed by atoms with E-state index in [0.29, 0.717) is 12.0 Å². The Labute approximate surface area is 120 Å². The van der Waals surface area contributed by atoms with Gasteiger partial charge in [-0.15, -0.1) is 0 Å². The Bertz CT molecular complexity index is 347. The number of cyclic esters (lactones) is 2. The molecule has 1 rings (SSSR count). The van der Waals surface area contributed by atoms with Crippen LogP contribution in [0.1, 0.15) is 71.1 Å². The van der Waals surface area contributed by atoms with Crippen LogP contribution in [0.25, 0.3) is 0 Å². The number of carbonyl (C=O) groups excluding carboxylic acids is 2. The van der Waals surface area contributed by atoms with Crippen LogP contribution in [0.3, 0.4) is 0 Å². The molecule has 0 spiro atoms. The molecule has 0 radical (unpaired) electrons. The molecule has 1 aliphatic heterocycles. The fourth-order valence-corrected chi connectivity index (χ4v) is 2.44. The minimum atomic E-state index is -0.697. The van der Waals surface area contributed by atoms with Crippen LogP contribution in [-0.4, -0.2) is 11.9 Å². The predicted molar refractivity (Wildman–Crippen MR) is 75.8 cm³/mol. The van der Waals surface area contributed by atoms with Gasteiger partial charge in [0.2, 0.25) is 0 Å². The molecule has 3 nitrogen and oxygen atoms in total. The first-order chi connectivity index (χ1) is 9.16. The third kappa shape index (κ3) is 5.77. The largest absolute Gasteiger partial charge is 0.385 e. The first-order valence-corrected chi connectivity index (χ1v) is 7.69. The zero-order valence-corrected chi connectivity index (χ0v) is 12.4. The van der Waals surface area contributed by atoms with Crippen LogP contribution in [0.2, 0.25) is 0 Å². The van der Waals surface area contributed by atoms with E-state index in [2.05, 4.69) is 11.7 Å². The van der Waals surface area contributed by atoms with E-state index in [9.17, 15) is 9.59 Å². The second-order valence-electron chi connectivity index (χ2n) is 5.05. The van der Waals surface area contributed by atoms with Gasteiger partial charge in [-0.1, -0.05) is 69.9 Å². The highest BCUT2D eigenvalue weighted by Gasteiger charge is 2.30. The summed E-state index contributed by atoms with van der Waals surface area (Å²) in [5.74, 6) is -1.26. The fourth-order valence-electron chi connectivity index (χ4n) is 2.23. The summed E-state index contributed by atoms with van der Waals surface area (Å²) in [4.78, 5) is 22.3. The van der Waals surface area contributed by atoms with Gasteiger partial charge in [0, 0.05) is 0 Å². The van der Waals surface area contributed by atoms with Crippen LogP contribution in [-0.2, 0) is 14.3 Å². The van der Waals surface area contributed by atoms with Crippen molar-refractivity contribution in [1.82, 2.24) is 0 Å². The molecule has 1 heterocycles. The number of hydrogen-bond acceptors (Lipinski definition) is 3. The van der Waals surface area contributed by atoms with Gasteiger partial charge in [0.1, 0.15) is 5.03 Å². The second kappa shape index (κ2) is 9.13. The van der Waals surface area contributed by atoms with Gasteiger partial charge in [0.25, 0.3) is 0 Å². The molecule has 0 aromatic carbocycles. The molecular weight excluding hydrogens is 264 g/mol. The topological polar surface area (TPSA) is 43.4 Å². The number of hydrogen-bond donors (Lipinski definition) is 0. The van der Waals surface area contributed by atoms with Crippen LogP contribution >= 0.6 is 11.6 Å². The Hall–Kier alpha value is -0.830. The van der Waals surface area contributed by atoms with Crippen molar-refractivity contribution >= 4 is 23.5 Å². The van der Waals surface area contributed by atoms with Gasteiger partial charge in [0.05, 0.1) is 5.57 Å². The molecule has 0 atom stereocenters. The van der Waals surface area contributed by atoms with Gasteiger partial charge in [-0.2, -0.15) is 0 Å². The lowest BCUT2D eigenvalue weighted by molar-refractivity contribution is -0.150. The summed E-state index contributed by atoms with van der Waals surface area (Å²) < 4.78 is 4.44. The van der Waals surface area contributed by atoms with Crippen molar-refractivity contribution in [2.45, 2.75) is 71.1 Å². The Morgan fingerprint density at radius 1 is 0.842 bits per heavy atom. The van der Waals surface area contributed by atoms with E-state index in [1.807, 2.05) is 0 Å². The summed E-state index contributed by atoms with van der Waals surface area (Å²) in [5.41, 5.74) is 0.356. The minimum Gasteiger partial charge on any atom is -0.385 e. The third-order valence-electron chi connectivity index (χ3n) is 3.41. The Morgan fingerprint density at radius 3 is 1.84 bits per heavy atom. The predicted octanol–water partition coefficient (Wildman–Crippen LogP) is 4.48. The monoisotopic (exact) mass is 286 g/mol. The van der Waals surface area contributed by atoms with Crippen LogP contribution in [0, 0.1) is 0 Å². The van der Waals surface area contributed by atoms with Crippen LogP contribution in [0.4, 0.5) is 0 Å². The molecule has 4 heteroatoms. The van der Waals surface area contributed by atoms with E-state index in [1.54, 1.807) is 0 Å². The number of carbonyl (C=O) groups is 2. The third-order valence-corrected chi connectivity index (χ3v) is 3.79. The first-order valence-electron chi connectivity index (χ1n) is 7.32. The maximum absolute atomic E-state index is 11.3. The molecule has 0 unspecified atom stereocenters. The minimum absolute atomic E-state index is 0.0236. The SMILES string of the molecule is CCCCCCCCCCCC1=C(Cl)C(=O)OC1=O. The highest BCUT2D eigenvalue weighted by atomic mass is 35.5.